The molecule has 3 aromatic rings. The summed E-state index contributed by atoms with van der Waals surface area (Å²) in [6.07, 6.45) is 6.36. The first-order chi connectivity index (χ1) is 15.2. The van der Waals surface area contributed by atoms with Gasteiger partial charge in [0.1, 0.15) is 24.9 Å². The highest BCUT2D eigenvalue weighted by Crippen LogP contribution is 2.39. The van der Waals surface area contributed by atoms with E-state index in [1.165, 1.54) is 23.3 Å². The zero-order chi connectivity index (χ0) is 21.2. The SMILES string of the molecule is O=C(OCc1ccc(C2CC2)cc1)N1CCC(CNc2cncc3nncn23)C(F)C1. The number of benzene rings is 1. The highest BCUT2D eigenvalue weighted by molar-refractivity contribution is 5.67. The van der Waals surface area contributed by atoms with Gasteiger partial charge < -0.3 is 15.0 Å². The molecule has 9 heteroatoms. The number of halogens is 1. The molecule has 2 fully saturated rings. The summed E-state index contributed by atoms with van der Waals surface area (Å²) in [6, 6.07) is 8.21. The second kappa shape index (κ2) is 8.49. The fraction of sp³-hybridized carbons (Fsp3) is 0.455. The van der Waals surface area contributed by atoms with Crippen molar-refractivity contribution in [2.75, 3.05) is 25.0 Å². The highest BCUT2D eigenvalue weighted by Gasteiger charge is 2.32. The molecule has 1 aromatic carbocycles. The molecule has 1 saturated heterocycles. The number of hydrogen-bond acceptors (Lipinski definition) is 6. The van der Waals surface area contributed by atoms with Crippen molar-refractivity contribution in [2.45, 2.75) is 38.0 Å². The molecular formula is C22H25FN6O2. The number of likely N-dealkylation sites (tertiary alicyclic amines) is 1. The zero-order valence-electron chi connectivity index (χ0n) is 17.2. The molecule has 1 saturated carbocycles. The minimum absolute atomic E-state index is 0.0425. The molecular weight excluding hydrogens is 399 g/mol. The first-order valence-electron chi connectivity index (χ1n) is 10.7. The molecule has 31 heavy (non-hydrogen) atoms. The maximum Gasteiger partial charge on any atom is 0.410 e. The number of nitrogens with one attached hydrogen (secondary N) is 1. The third kappa shape index (κ3) is 4.45. The molecule has 0 bridgehead atoms. The van der Waals surface area contributed by atoms with Crippen LogP contribution in [0.2, 0.25) is 0 Å². The van der Waals surface area contributed by atoms with E-state index in [1.54, 1.807) is 23.1 Å². The van der Waals surface area contributed by atoms with Crippen LogP contribution in [0.5, 0.6) is 0 Å². The van der Waals surface area contributed by atoms with E-state index in [2.05, 4.69) is 32.6 Å². The maximum atomic E-state index is 14.8. The number of fused-ring (bicyclic) bond motifs is 1. The lowest BCUT2D eigenvalue weighted by Crippen LogP contribution is -2.46. The van der Waals surface area contributed by atoms with Crippen molar-refractivity contribution in [3.63, 3.8) is 0 Å². The van der Waals surface area contributed by atoms with Gasteiger partial charge in [-0.2, -0.15) is 0 Å². The van der Waals surface area contributed by atoms with E-state index in [-0.39, 0.29) is 19.1 Å². The van der Waals surface area contributed by atoms with Crippen molar-refractivity contribution in [1.82, 2.24) is 24.5 Å². The molecule has 2 atom stereocenters. The number of alkyl halides is 1. The summed E-state index contributed by atoms with van der Waals surface area (Å²) in [7, 11) is 0. The van der Waals surface area contributed by atoms with Crippen molar-refractivity contribution in [2.24, 2.45) is 5.92 Å². The van der Waals surface area contributed by atoms with Crippen LogP contribution in [0.25, 0.3) is 5.65 Å². The minimum Gasteiger partial charge on any atom is -0.445 e. The molecule has 2 unspecified atom stereocenters. The molecule has 2 aliphatic rings. The smallest absolute Gasteiger partial charge is 0.410 e. The Labute approximate surface area is 179 Å². The lowest BCUT2D eigenvalue weighted by atomic mass is 9.95. The van der Waals surface area contributed by atoms with Gasteiger partial charge in [0, 0.05) is 19.0 Å². The Bertz CT molecular complexity index is 1050. The van der Waals surface area contributed by atoms with Gasteiger partial charge in [0.05, 0.1) is 18.9 Å². The second-order valence-corrected chi connectivity index (χ2v) is 8.31. The summed E-state index contributed by atoms with van der Waals surface area (Å²) in [5.41, 5.74) is 2.93. The molecule has 0 radical (unpaired) electrons. The number of carbonyl (C=O) groups excluding carboxylic acids is 1. The van der Waals surface area contributed by atoms with Crippen LogP contribution < -0.4 is 5.32 Å². The highest BCUT2D eigenvalue weighted by atomic mass is 19.1. The number of nitrogens with zero attached hydrogens (tertiary/aromatic N) is 5. The molecule has 1 aliphatic heterocycles. The summed E-state index contributed by atoms with van der Waals surface area (Å²) in [6.45, 7) is 1.16. The molecule has 1 amide bonds. The predicted molar refractivity (Wildman–Crippen MR) is 112 cm³/mol. The van der Waals surface area contributed by atoms with Gasteiger partial charge >= 0.3 is 6.09 Å². The molecule has 0 spiro atoms. The summed E-state index contributed by atoms with van der Waals surface area (Å²) in [5.74, 6) is 1.21. The van der Waals surface area contributed by atoms with Crippen molar-refractivity contribution in [3.05, 3.63) is 54.1 Å². The second-order valence-electron chi connectivity index (χ2n) is 8.31. The van der Waals surface area contributed by atoms with Crippen molar-refractivity contribution in [3.8, 4) is 0 Å². The van der Waals surface area contributed by atoms with Crippen LogP contribution in [0.3, 0.4) is 0 Å². The summed E-state index contributed by atoms with van der Waals surface area (Å²) in [4.78, 5) is 18.0. The van der Waals surface area contributed by atoms with E-state index in [0.29, 0.717) is 36.9 Å². The Morgan fingerprint density at radius 1 is 1.19 bits per heavy atom. The Morgan fingerprint density at radius 3 is 2.81 bits per heavy atom. The van der Waals surface area contributed by atoms with Gasteiger partial charge in [-0.3, -0.25) is 9.38 Å². The summed E-state index contributed by atoms with van der Waals surface area (Å²) >= 11 is 0. The lowest BCUT2D eigenvalue weighted by molar-refractivity contribution is 0.0544. The first kappa shape index (κ1) is 19.7. The topological polar surface area (TPSA) is 84.6 Å². The normalized spacial score (nSPS) is 21.3. The third-order valence-corrected chi connectivity index (χ3v) is 6.09. The fourth-order valence-electron chi connectivity index (χ4n) is 4.01. The van der Waals surface area contributed by atoms with Gasteiger partial charge in [0.2, 0.25) is 0 Å². The van der Waals surface area contributed by atoms with Crippen LogP contribution in [-0.4, -0.2) is 56.4 Å². The standard InChI is InChI=1S/C22H25FN6O2/c23-19-12-28(22(30)31-13-15-1-3-16(4-2-15)17-5-6-17)8-7-18(19)9-25-20-10-24-11-21-27-26-14-29(20)21/h1-4,10-11,14,17-19,25H,5-9,12-13H2. The van der Waals surface area contributed by atoms with Gasteiger partial charge in [-0.05, 0) is 36.3 Å². The van der Waals surface area contributed by atoms with Gasteiger partial charge in [-0.15, -0.1) is 10.2 Å². The van der Waals surface area contributed by atoms with Crippen LogP contribution in [0.4, 0.5) is 15.0 Å². The average molecular weight is 424 g/mol. The molecule has 2 aromatic heterocycles. The number of hydrogen-bond donors (Lipinski definition) is 1. The number of piperidine rings is 1. The van der Waals surface area contributed by atoms with Crippen molar-refractivity contribution >= 4 is 17.6 Å². The van der Waals surface area contributed by atoms with Gasteiger partial charge in [0.15, 0.2) is 5.65 Å². The number of aromatic nitrogens is 4. The molecule has 1 aliphatic carbocycles. The van der Waals surface area contributed by atoms with E-state index in [9.17, 15) is 9.18 Å². The Hall–Kier alpha value is -3.23. The molecule has 162 valence electrons. The largest absolute Gasteiger partial charge is 0.445 e. The Kier molecular flexibility index (Phi) is 5.40. The summed E-state index contributed by atoms with van der Waals surface area (Å²) < 4.78 is 22.0. The van der Waals surface area contributed by atoms with Gasteiger partial charge in [0.25, 0.3) is 0 Å². The minimum atomic E-state index is -1.13. The average Bonchev–Trinajstić information content (AvgIpc) is 3.53. The van der Waals surface area contributed by atoms with E-state index < -0.39 is 12.3 Å². The van der Waals surface area contributed by atoms with Gasteiger partial charge in [-0.25, -0.2) is 9.18 Å². The number of anilines is 1. The molecule has 8 nitrogen and oxygen atoms in total. The Morgan fingerprint density at radius 2 is 2.03 bits per heavy atom. The van der Waals surface area contributed by atoms with Crippen molar-refractivity contribution in [1.29, 1.82) is 0 Å². The van der Waals surface area contributed by atoms with Crippen LogP contribution in [0.1, 0.15) is 36.3 Å². The van der Waals surface area contributed by atoms with E-state index in [1.807, 2.05) is 12.1 Å². The molecule has 5 rings (SSSR count). The predicted octanol–water partition coefficient (Wildman–Crippen LogP) is 3.41. The van der Waals surface area contributed by atoms with Gasteiger partial charge in [-0.1, -0.05) is 24.3 Å². The first-order valence-corrected chi connectivity index (χ1v) is 10.7. The van der Waals surface area contributed by atoms with Crippen LogP contribution in [0, 0.1) is 5.92 Å². The fourth-order valence-corrected chi connectivity index (χ4v) is 4.01. The number of amides is 1. The molecule has 3 heterocycles. The van der Waals surface area contributed by atoms with Crippen molar-refractivity contribution < 1.29 is 13.9 Å². The lowest BCUT2D eigenvalue weighted by Gasteiger charge is -2.34. The quantitative estimate of drug-likeness (QED) is 0.653. The maximum absolute atomic E-state index is 14.8. The van der Waals surface area contributed by atoms with E-state index >= 15 is 0 Å². The van der Waals surface area contributed by atoms with E-state index in [4.69, 9.17) is 4.74 Å². The molecule has 1 N–H and O–H groups in total. The number of rotatable bonds is 6. The monoisotopic (exact) mass is 424 g/mol. The van der Waals surface area contributed by atoms with Crippen LogP contribution in [-0.2, 0) is 11.3 Å². The summed E-state index contributed by atoms with van der Waals surface area (Å²) in [5, 5.41) is 11.0. The van der Waals surface area contributed by atoms with E-state index in [0.717, 1.165) is 5.56 Å². The van der Waals surface area contributed by atoms with Crippen LogP contribution in [0.15, 0.2) is 43.0 Å². The van der Waals surface area contributed by atoms with Crippen LogP contribution >= 0.6 is 0 Å². The third-order valence-electron chi connectivity index (χ3n) is 6.09. The number of ether oxygens (including phenoxy) is 1. The zero-order valence-corrected chi connectivity index (χ0v) is 17.2. The Balaban J connectivity index is 1.10. The number of carbonyl (C=O) groups is 1.